The third kappa shape index (κ3) is 5.71. The van der Waals surface area contributed by atoms with Crippen molar-refractivity contribution in [1.29, 1.82) is 0 Å². The second kappa shape index (κ2) is 9.24. The Bertz CT molecular complexity index is 1010. The second-order valence-corrected chi connectivity index (χ2v) is 7.18. The van der Waals surface area contributed by atoms with Gasteiger partial charge in [0.15, 0.2) is 0 Å². The monoisotopic (exact) mass is 478 g/mol. The highest BCUT2D eigenvalue weighted by molar-refractivity contribution is 5.99. The Morgan fingerprint density at radius 1 is 1.09 bits per heavy atom. The lowest BCUT2D eigenvalue weighted by molar-refractivity contribution is -0.141. The van der Waals surface area contributed by atoms with Gasteiger partial charge in [-0.1, -0.05) is 6.07 Å². The molecule has 33 heavy (non-hydrogen) atoms. The number of carbonyl (C=O) groups is 2. The van der Waals surface area contributed by atoms with E-state index in [-0.39, 0.29) is 24.3 Å². The van der Waals surface area contributed by atoms with Crippen LogP contribution in [-0.2, 0) is 17.1 Å². The van der Waals surface area contributed by atoms with Crippen molar-refractivity contribution < 1.29 is 40.3 Å². The predicted octanol–water partition coefficient (Wildman–Crippen LogP) is 4.73. The molecule has 178 valence electrons. The number of hydrogen-bond acceptors (Lipinski definition) is 3. The molecule has 0 bridgehead atoms. The Hall–Kier alpha value is -3.38. The molecule has 1 N–H and O–H groups in total. The standard InChI is InChI=1S/C20H17F7N4O2/c21-7-6-15-10-30(14-4-5-16(28-9-14)20(25,26)27)18(33)31(15)11-17(32)29-13-3-1-2-12(8-13)19(22,23)24/h1-5,8-9,15H,6-7,10-11H2,(H,29,32)/t15-/m0/s1. The van der Waals surface area contributed by atoms with E-state index in [4.69, 9.17) is 0 Å². The quantitative estimate of drug-likeness (QED) is 0.611. The number of halogens is 7. The number of nitrogens with zero attached hydrogens (tertiary/aromatic N) is 3. The van der Waals surface area contributed by atoms with Crippen molar-refractivity contribution in [3.05, 3.63) is 53.9 Å². The molecule has 1 aliphatic heterocycles. The second-order valence-electron chi connectivity index (χ2n) is 7.18. The molecular weight excluding hydrogens is 461 g/mol. The van der Waals surface area contributed by atoms with Gasteiger partial charge in [-0.25, -0.2) is 9.78 Å². The smallest absolute Gasteiger partial charge is 0.325 e. The molecule has 1 saturated heterocycles. The van der Waals surface area contributed by atoms with Crippen LogP contribution in [-0.4, -0.2) is 47.6 Å². The van der Waals surface area contributed by atoms with Crippen LogP contribution in [0.4, 0.5) is 46.9 Å². The van der Waals surface area contributed by atoms with Gasteiger partial charge in [0.05, 0.1) is 30.2 Å². The third-order valence-corrected chi connectivity index (χ3v) is 4.89. The summed E-state index contributed by atoms with van der Waals surface area (Å²) in [6, 6.07) is 4.06. The number of hydrogen-bond donors (Lipinski definition) is 1. The van der Waals surface area contributed by atoms with Crippen molar-refractivity contribution in [3.63, 3.8) is 0 Å². The highest BCUT2D eigenvalue weighted by atomic mass is 19.4. The minimum atomic E-state index is -4.67. The summed E-state index contributed by atoms with van der Waals surface area (Å²) in [6.07, 6.45) is -8.58. The molecule has 1 aliphatic rings. The van der Waals surface area contributed by atoms with Crippen molar-refractivity contribution >= 4 is 23.3 Å². The van der Waals surface area contributed by atoms with Crippen LogP contribution in [0.15, 0.2) is 42.6 Å². The SMILES string of the molecule is O=C(CN1C(=O)N(c2ccc(C(F)(F)F)nc2)C[C@@H]1CCF)Nc1cccc(C(F)(F)F)c1. The number of carbonyl (C=O) groups excluding carboxylic acids is 2. The maximum atomic E-state index is 13.0. The van der Waals surface area contributed by atoms with Crippen LogP contribution in [0.25, 0.3) is 0 Å². The van der Waals surface area contributed by atoms with Crippen LogP contribution in [0.5, 0.6) is 0 Å². The summed E-state index contributed by atoms with van der Waals surface area (Å²) >= 11 is 0. The topological polar surface area (TPSA) is 65.5 Å². The Morgan fingerprint density at radius 2 is 1.82 bits per heavy atom. The van der Waals surface area contributed by atoms with Crippen LogP contribution in [0.1, 0.15) is 17.7 Å². The largest absolute Gasteiger partial charge is 0.433 e. The van der Waals surface area contributed by atoms with Crippen molar-refractivity contribution in [3.8, 4) is 0 Å². The molecule has 1 aromatic heterocycles. The molecule has 1 aromatic carbocycles. The van der Waals surface area contributed by atoms with Gasteiger partial charge in [-0.15, -0.1) is 0 Å². The molecule has 0 spiro atoms. The highest BCUT2D eigenvalue weighted by Gasteiger charge is 2.39. The average Bonchev–Trinajstić information content (AvgIpc) is 3.03. The Labute approximate surface area is 183 Å². The van der Waals surface area contributed by atoms with E-state index in [0.717, 1.165) is 40.3 Å². The predicted molar refractivity (Wildman–Crippen MR) is 103 cm³/mol. The van der Waals surface area contributed by atoms with E-state index in [1.165, 1.54) is 6.07 Å². The fraction of sp³-hybridized carbons (Fsp3) is 0.350. The lowest BCUT2D eigenvalue weighted by atomic mass is 10.2. The van der Waals surface area contributed by atoms with E-state index < -0.39 is 54.8 Å². The first-order valence-electron chi connectivity index (χ1n) is 9.54. The number of pyridine rings is 1. The zero-order valence-electron chi connectivity index (χ0n) is 16.8. The molecule has 1 fully saturated rings. The van der Waals surface area contributed by atoms with Crippen LogP contribution >= 0.6 is 0 Å². The Kier molecular flexibility index (Phi) is 6.79. The number of amides is 3. The summed E-state index contributed by atoms with van der Waals surface area (Å²) in [4.78, 5) is 30.5. The maximum Gasteiger partial charge on any atom is 0.433 e. The molecule has 2 heterocycles. The minimum absolute atomic E-state index is 0.0256. The first kappa shape index (κ1) is 24.3. The number of rotatable bonds is 6. The van der Waals surface area contributed by atoms with Crippen molar-refractivity contribution in [2.45, 2.75) is 24.8 Å². The number of anilines is 2. The lowest BCUT2D eigenvalue weighted by Gasteiger charge is -2.22. The Balaban J connectivity index is 1.73. The molecule has 0 unspecified atom stereocenters. The fourth-order valence-electron chi connectivity index (χ4n) is 3.33. The summed E-state index contributed by atoms with van der Waals surface area (Å²) < 4.78 is 89.7. The molecule has 3 amide bonds. The molecule has 0 radical (unpaired) electrons. The molecule has 2 aromatic rings. The molecule has 1 atom stereocenters. The van der Waals surface area contributed by atoms with Crippen LogP contribution in [0, 0.1) is 0 Å². The van der Waals surface area contributed by atoms with E-state index in [1.807, 2.05) is 0 Å². The maximum absolute atomic E-state index is 13.0. The highest BCUT2D eigenvalue weighted by Crippen LogP contribution is 2.32. The van der Waals surface area contributed by atoms with Gasteiger partial charge >= 0.3 is 18.4 Å². The molecule has 3 rings (SSSR count). The van der Waals surface area contributed by atoms with Crippen molar-refractivity contribution in [2.24, 2.45) is 0 Å². The van der Waals surface area contributed by atoms with Gasteiger partial charge in [0.25, 0.3) is 0 Å². The lowest BCUT2D eigenvalue weighted by Crippen LogP contribution is -2.41. The molecule has 6 nitrogen and oxygen atoms in total. The van der Waals surface area contributed by atoms with Gasteiger partial charge < -0.3 is 10.2 Å². The minimum Gasteiger partial charge on any atom is -0.325 e. The summed E-state index contributed by atoms with van der Waals surface area (Å²) in [5.41, 5.74) is -2.26. The third-order valence-electron chi connectivity index (χ3n) is 4.89. The number of urea groups is 1. The normalized spacial score (nSPS) is 16.9. The van der Waals surface area contributed by atoms with Crippen LogP contribution in [0.2, 0.25) is 0 Å². The first-order valence-corrected chi connectivity index (χ1v) is 9.54. The number of nitrogens with one attached hydrogen (secondary N) is 1. The summed E-state index contributed by atoms with van der Waals surface area (Å²) in [7, 11) is 0. The van der Waals surface area contributed by atoms with Gasteiger partial charge in [-0.05, 0) is 36.8 Å². The Morgan fingerprint density at radius 3 is 2.39 bits per heavy atom. The van der Waals surface area contributed by atoms with Gasteiger partial charge in [0, 0.05) is 12.2 Å². The van der Waals surface area contributed by atoms with Crippen molar-refractivity contribution in [2.75, 3.05) is 30.0 Å². The zero-order valence-corrected chi connectivity index (χ0v) is 16.8. The number of aromatic nitrogens is 1. The average molecular weight is 478 g/mol. The number of benzene rings is 1. The fourth-order valence-corrected chi connectivity index (χ4v) is 3.33. The van der Waals surface area contributed by atoms with E-state index in [1.54, 1.807) is 0 Å². The summed E-state index contributed by atoms with van der Waals surface area (Å²) in [5, 5.41) is 2.26. The van der Waals surface area contributed by atoms with Crippen molar-refractivity contribution in [1.82, 2.24) is 9.88 Å². The molecule has 13 heteroatoms. The van der Waals surface area contributed by atoms with Crippen LogP contribution < -0.4 is 10.2 Å². The summed E-state index contributed by atoms with van der Waals surface area (Å²) in [6.45, 7) is -1.53. The van der Waals surface area contributed by atoms with Gasteiger partial charge in [0.2, 0.25) is 5.91 Å². The van der Waals surface area contributed by atoms with Gasteiger partial charge in [-0.3, -0.25) is 14.1 Å². The first-order chi connectivity index (χ1) is 15.4. The van der Waals surface area contributed by atoms with E-state index in [0.29, 0.717) is 6.07 Å². The number of alkyl halides is 7. The zero-order chi connectivity index (χ0) is 24.4. The van der Waals surface area contributed by atoms with E-state index >= 15 is 0 Å². The van der Waals surface area contributed by atoms with Gasteiger partial charge in [0.1, 0.15) is 12.2 Å². The molecule has 0 aliphatic carbocycles. The summed E-state index contributed by atoms with van der Waals surface area (Å²) in [5.74, 6) is -0.820. The van der Waals surface area contributed by atoms with E-state index in [9.17, 15) is 40.3 Å². The van der Waals surface area contributed by atoms with Crippen LogP contribution in [0.3, 0.4) is 0 Å². The molecular formula is C20H17F7N4O2. The van der Waals surface area contributed by atoms with E-state index in [2.05, 4.69) is 10.3 Å². The van der Waals surface area contributed by atoms with Gasteiger partial charge in [-0.2, -0.15) is 26.3 Å². The molecule has 0 saturated carbocycles.